The van der Waals surface area contributed by atoms with E-state index in [-0.39, 0.29) is 16.3 Å². The van der Waals surface area contributed by atoms with Crippen LogP contribution in [0.25, 0.3) is 0 Å². The molecule has 0 bridgehead atoms. The van der Waals surface area contributed by atoms with E-state index in [1.165, 1.54) is 45.7 Å². The minimum atomic E-state index is -4.17. The smallest absolute Gasteiger partial charge is 0.337 e. The Labute approximate surface area is 215 Å². The number of hydrazone groups is 1. The van der Waals surface area contributed by atoms with Crippen molar-refractivity contribution < 1.29 is 32.2 Å². The van der Waals surface area contributed by atoms with Gasteiger partial charge in [-0.15, -0.1) is 0 Å². The van der Waals surface area contributed by atoms with Crippen LogP contribution in [0.3, 0.4) is 0 Å². The molecule has 3 aromatic rings. The lowest BCUT2D eigenvalue weighted by Crippen LogP contribution is -2.39. The van der Waals surface area contributed by atoms with E-state index >= 15 is 0 Å². The number of esters is 1. The fraction of sp³-hybridized carbons (Fsp3) is 0.192. The zero-order valence-electron chi connectivity index (χ0n) is 20.8. The normalized spacial score (nSPS) is 11.1. The van der Waals surface area contributed by atoms with Crippen molar-refractivity contribution in [2.75, 3.05) is 32.2 Å². The Morgan fingerprint density at radius 2 is 1.62 bits per heavy atom. The monoisotopic (exact) mass is 525 g/mol. The molecule has 0 atom stereocenters. The summed E-state index contributed by atoms with van der Waals surface area (Å²) in [5.74, 6) is -0.546. The Kier molecular flexibility index (Phi) is 8.86. The Morgan fingerprint density at radius 3 is 2.22 bits per heavy atom. The van der Waals surface area contributed by atoms with Crippen molar-refractivity contribution in [3.63, 3.8) is 0 Å². The first-order valence-corrected chi connectivity index (χ1v) is 12.5. The van der Waals surface area contributed by atoms with Crippen LogP contribution in [-0.4, -0.2) is 54.4 Å². The van der Waals surface area contributed by atoms with Gasteiger partial charge in [0.1, 0.15) is 18.0 Å². The van der Waals surface area contributed by atoms with Crippen molar-refractivity contribution >= 4 is 33.8 Å². The van der Waals surface area contributed by atoms with E-state index in [1.807, 2.05) is 6.92 Å². The largest absolute Gasteiger partial charge is 0.497 e. The lowest BCUT2D eigenvalue weighted by molar-refractivity contribution is -0.119. The van der Waals surface area contributed by atoms with E-state index in [0.717, 1.165) is 9.87 Å². The van der Waals surface area contributed by atoms with Crippen molar-refractivity contribution in [3.8, 4) is 11.5 Å². The Bertz CT molecular complexity index is 1390. The van der Waals surface area contributed by atoms with Crippen molar-refractivity contribution in [2.45, 2.75) is 11.8 Å². The minimum absolute atomic E-state index is 0.00460. The fourth-order valence-electron chi connectivity index (χ4n) is 3.30. The summed E-state index contributed by atoms with van der Waals surface area (Å²) in [6.45, 7) is 1.26. The molecule has 0 radical (unpaired) electrons. The number of nitrogens with zero attached hydrogens (tertiary/aromatic N) is 2. The van der Waals surface area contributed by atoms with Crippen LogP contribution in [0.5, 0.6) is 11.5 Å². The molecule has 0 saturated carbocycles. The molecule has 0 spiro atoms. The quantitative estimate of drug-likeness (QED) is 0.245. The van der Waals surface area contributed by atoms with Gasteiger partial charge in [0.2, 0.25) is 0 Å². The summed E-state index contributed by atoms with van der Waals surface area (Å²) in [6, 6.07) is 17.3. The van der Waals surface area contributed by atoms with Crippen LogP contribution in [0.2, 0.25) is 0 Å². The summed E-state index contributed by atoms with van der Waals surface area (Å²) in [7, 11) is -0.0380. The maximum absolute atomic E-state index is 13.6. The van der Waals surface area contributed by atoms with Gasteiger partial charge in [-0.25, -0.2) is 18.6 Å². The van der Waals surface area contributed by atoms with Crippen molar-refractivity contribution in [2.24, 2.45) is 5.10 Å². The van der Waals surface area contributed by atoms with Gasteiger partial charge in [-0.05, 0) is 48.9 Å². The predicted octanol–water partition coefficient (Wildman–Crippen LogP) is 3.14. The number of carbonyl (C=O) groups excluding carboxylic acids is 2. The SMILES string of the molecule is COC(=O)c1ccc(/C=N\NC(=O)CN(c2cc(OC)ccc2OC)S(=O)(=O)c2ccc(C)cc2)cc1. The first-order chi connectivity index (χ1) is 17.7. The van der Waals surface area contributed by atoms with E-state index < -0.39 is 28.4 Å². The summed E-state index contributed by atoms with van der Waals surface area (Å²) >= 11 is 0. The molecular weight excluding hydrogens is 498 g/mol. The van der Waals surface area contributed by atoms with Crippen molar-refractivity contribution in [3.05, 3.63) is 83.4 Å². The highest BCUT2D eigenvalue weighted by Gasteiger charge is 2.30. The second kappa shape index (κ2) is 12.0. The number of aryl methyl sites for hydroxylation is 1. The third kappa shape index (κ3) is 6.64. The molecule has 0 aromatic heterocycles. The molecule has 11 heteroatoms. The zero-order chi connectivity index (χ0) is 27.0. The van der Waals surface area contributed by atoms with Crippen LogP contribution >= 0.6 is 0 Å². The van der Waals surface area contributed by atoms with Gasteiger partial charge in [-0.2, -0.15) is 5.10 Å². The van der Waals surface area contributed by atoms with Gasteiger partial charge in [0.25, 0.3) is 15.9 Å². The molecule has 3 rings (SSSR count). The van der Waals surface area contributed by atoms with Gasteiger partial charge in [-0.1, -0.05) is 29.8 Å². The lowest BCUT2D eigenvalue weighted by Gasteiger charge is -2.25. The summed E-state index contributed by atoms with van der Waals surface area (Å²) in [4.78, 5) is 24.4. The molecule has 0 heterocycles. The standard InChI is InChI=1S/C26H27N3O7S/c1-18-5-12-22(13-6-18)37(32,33)29(23-15-21(34-2)11-14-24(23)35-3)17-25(30)28-27-16-19-7-9-20(10-8-19)26(31)36-4/h5-16H,17H2,1-4H3,(H,28,30)/b27-16-. The number of hydrogen-bond acceptors (Lipinski definition) is 8. The summed E-state index contributed by atoms with van der Waals surface area (Å²) in [5.41, 5.74) is 4.32. The number of amides is 1. The molecule has 0 saturated heterocycles. The number of nitrogens with one attached hydrogen (secondary N) is 1. The molecule has 1 amide bonds. The molecule has 10 nitrogen and oxygen atoms in total. The first-order valence-electron chi connectivity index (χ1n) is 11.0. The molecular formula is C26H27N3O7S. The van der Waals surface area contributed by atoms with Gasteiger partial charge >= 0.3 is 5.97 Å². The highest BCUT2D eigenvalue weighted by Crippen LogP contribution is 2.35. The molecule has 0 unspecified atom stereocenters. The summed E-state index contributed by atoms with van der Waals surface area (Å²) in [5, 5.41) is 3.91. The average Bonchev–Trinajstić information content (AvgIpc) is 2.91. The van der Waals surface area contributed by atoms with E-state index in [2.05, 4.69) is 15.3 Å². The lowest BCUT2D eigenvalue weighted by atomic mass is 10.1. The molecule has 0 fully saturated rings. The van der Waals surface area contributed by atoms with Crippen LogP contribution < -0.4 is 19.2 Å². The molecule has 1 N–H and O–H groups in total. The molecule has 37 heavy (non-hydrogen) atoms. The zero-order valence-corrected chi connectivity index (χ0v) is 21.6. The third-order valence-corrected chi connectivity index (χ3v) is 7.06. The molecule has 194 valence electrons. The van der Waals surface area contributed by atoms with Crippen LogP contribution in [0.15, 0.2) is 76.7 Å². The Balaban J connectivity index is 1.88. The number of anilines is 1. The van der Waals surface area contributed by atoms with E-state index in [1.54, 1.807) is 48.5 Å². The predicted molar refractivity (Wildman–Crippen MR) is 139 cm³/mol. The van der Waals surface area contributed by atoms with Crippen LogP contribution in [0.4, 0.5) is 5.69 Å². The van der Waals surface area contributed by atoms with Gasteiger partial charge in [0.05, 0.1) is 43.7 Å². The van der Waals surface area contributed by atoms with Gasteiger partial charge < -0.3 is 14.2 Å². The fourth-order valence-corrected chi connectivity index (χ4v) is 4.72. The average molecular weight is 526 g/mol. The van der Waals surface area contributed by atoms with Gasteiger partial charge in [0.15, 0.2) is 0 Å². The highest BCUT2D eigenvalue weighted by molar-refractivity contribution is 7.92. The number of benzene rings is 3. The van der Waals surface area contributed by atoms with E-state index in [4.69, 9.17) is 9.47 Å². The van der Waals surface area contributed by atoms with E-state index in [9.17, 15) is 18.0 Å². The minimum Gasteiger partial charge on any atom is -0.497 e. The second-order valence-corrected chi connectivity index (χ2v) is 9.63. The molecule has 0 aliphatic rings. The number of rotatable bonds is 10. The van der Waals surface area contributed by atoms with Gasteiger partial charge in [-0.3, -0.25) is 9.10 Å². The topological polar surface area (TPSA) is 124 Å². The molecule has 0 aliphatic carbocycles. The molecule has 3 aromatic carbocycles. The first kappa shape index (κ1) is 27.2. The van der Waals surface area contributed by atoms with Crippen LogP contribution in [0.1, 0.15) is 21.5 Å². The Hall–Kier alpha value is -4.38. The van der Waals surface area contributed by atoms with Crippen LogP contribution in [0, 0.1) is 6.92 Å². The van der Waals surface area contributed by atoms with Crippen LogP contribution in [-0.2, 0) is 19.6 Å². The summed E-state index contributed by atoms with van der Waals surface area (Å²) < 4.78 is 43.5. The van der Waals surface area contributed by atoms with E-state index in [0.29, 0.717) is 16.9 Å². The number of sulfonamides is 1. The molecule has 0 aliphatic heterocycles. The number of carbonyl (C=O) groups is 2. The maximum Gasteiger partial charge on any atom is 0.337 e. The van der Waals surface area contributed by atoms with Crippen molar-refractivity contribution in [1.82, 2.24) is 5.43 Å². The summed E-state index contributed by atoms with van der Waals surface area (Å²) in [6.07, 6.45) is 1.36. The number of methoxy groups -OCH3 is 3. The maximum atomic E-state index is 13.6. The Morgan fingerprint density at radius 1 is 0.946 bits per heavy atom. The third-order valence-electron chi connectivity index (χ3n) is 5.29. The van der Waals surface area contributed by atoms with Crippen molar-refractivity contribution in [1.29, 1.82) is 0 Å². The number of ether oxygens (including phenoxy) is 3. The number of hydrogen-bond donors (Lipinski definition) is 1. The highest BCUT2D eigenvalue weighted by atomic mass is 32.2. The van der Waals surface area contributed by atoms with Gasteiger partial charge in [0, 0.05) is 6.07 Å². The second-order valence-electron chi connectivity index (χ2n) is 7.77.